The summed E-state index contributed by atoms with van der Waals surface area (Å²) in [6.07, 6.45) is 3.72. The molecule has 100 valence electrons. The molecule has 2 aliphatic rings. The predicted octanol–water partition coefficient (Wildman–Crippen LogP) is 0.413. The monoisotopic (exact) mass is 242 g/mol. The summed E-state index contributed by atoms with van der Waals surface area (Å²) < 4.78 is 5.43. The molecule has 4 nitrogen and oxygen atoms in total. The van der Waals surface area contributed by atoms with E-state index in [1.54, 1.807) is 0 Å². The van der Waals surface area contributed by atoms with E-state index in [-0.39, 0.29) is 12.0 Å². The van der Waals surface area contributed by atoms with E-state index in [0.29, 0.717) is 0 Å². The van der Waals surface area contributed by atoms with Crippen molar-refractivity contribution in [2.45, 2.75) is 19.3 Å². The minimum atomic E-state index is -0.000239. The third-order valence-corrected chi connectivity index (χ3v) is 4.12. The standard InChI is InChI=1S/C13H26N2O2/c1-14(7-8-15-5-2-3-6-15)10-13(11-16)4-9-17-12-13/h16H,2-12H2,1H3. The first-order valence-corrected chi connectivity index (χ1v) is 6.84. The maximum Gasteiger partial charge on any atom is 0.0557 e. The highest BCUT2D eigenvalue weighted by Crippen LogP contribution is 2.28. The Kier molecular flexibility index (Phi) is 4.79. The molecule has 1 N–H and O–H groups in total. The molecule has 2 aliphatic heterocycles. The Morgan fingerprint density at radius 1 is 1.35 bits per heavy atom. The lowest BCUT2D eigenvalue weighted by Crippen LogP contribution is -2.41. The summed E-state index contributed by atoms with van der Waals surface area (Å²) in [5, 5.41) is 9.53. The zero-order valence-electron chi connectivity index (χ0n) is 11.0. The topological polar surface area (TPSA) is 35.9 Å². The summed E-state index contributed by atoms with van der Waals surface area (Å²) >= 11 is 0. The molecule has 2 rings (SSSR count). The molecule has 2 saturated heterocycles. The molecule has 0 aromatic rings. The first-order chi connectivity index (χ1) is 8.24. The Bertz CT molecular complexity index is 223. The van der Waals surface area contributed by atoms with Crippen LogP contribution in [0.2, 0.25) is 0 Å². The molecule has 0 aliphatic carbocycles. The normalized spacial score (nSPS) is 30.5. The summed E-state index contributed by atoms with van der Waals surface area (Å²) in [5.74, 6) is 0. The molecule has 2 heterocycles. The average molecular weight is 242 g/mol. The number of nitrogens with zero attached hydrogens (tertiary/aromatic N) is 2. The molecule has 4 heteroatoms. The van der Waals surface area contributed by atoms with E-state index >= 15 is 0 Å². The number of likely N-dealkylation sites (tertiary alicyclic amines) is 1. The van der Waals surface area contributed by atoms with Crippen LogP contribution in [0.5, 0.6) is 0 Å². The summed E-state index contributed by atoms with van der Waals surface area (Å²) in [7, 11) is 2.16. The minimum absolute atomic E-state index is 0.000239. The number of hydrogen-bond acceptors (Lipinski definition) is 4. The average Bonchev–Trinajstić information content (AvgIpc) is 2.98. The van der Waals surface area contributed by atoms with Gasteiger partial charge in [0, 0.05) is 31.7 Å². The van der Waals surface area contributed by atoms with Crippen LogP contribution < -0.4 is 0 Å². The van der Waals surface area contributed by atoms with Gasteiger partial charge >= 0.3 is 0 Å². The van der Waals surface area contributed by atoms with Crippen LogP contribution >= 0.6 is 0 Å². The molecule has 1 atom stereocenters. The lowest BCUT2D eigenvalue weighted by atomic mass is 9.88. The van der Waals surface area contributed by atoms with Crippen molar-refractivity contribution in [2.75, 3.05) is 59.6 Å². The van der Waals surface area contributed by atoms with Crippen molar-refractivity contribution in [1.29, 1.82) is 0 Å². The highest BCUT2D eigenvalue weighted by molar-refractivity contribution is 4.85. The van der Waals surface area contributed by atoms with E-state index in [2.05, 4.69) is 16.8 Å². The Labute approximate surface area is 105 Å². The fourth-order valence-corrected chi connectivity index (χ4v) is 2.92. The summed E-state index contributed by atoms with van der Waals surface area (Å²) in [4.78, 5) is 4.89. The predicted molar refractivity (Wildman–Crippen MR) is 68.1 cm³/mol. The van der Waals surface area contributed by atoms with Crippen LogP contribution in [-0.2, 0) is 4.74 Å². The van der Waals surface area contributed by atoms with Crippen molar-refractivity contribution >= 4 is 0 Å². The minimum Gasteiger partial charge on any atom is -0.396 e. The molecule has 2 fully saturated rings. The second kappa shape index (κ2) is 6.14. The molecule has 0 aromatic carbocycles. The molecule has 0 aromatic heterocycles. The van der Waals surface area contributed by atoms with Crippen LogP contribution in [0.1, 0.15) is 19.3 Å². The van der Waals surface area contributed by atoms with Gasteiger partial charge in [-0.3, -0.25) is 0 Å². The van der Waals surface area contributed by atoms with Crippen LogP contribution in [0, 0.1) is 5.41 Å². The molecular formula is C13H26N2O2. The van der Waals surface area contributed by atoms with Crippen LogP contribution in [0.3, 0.4) is 0 Å². The molecule has 17 heavy (non-hydrogen) atoms. The van der Waals surface area contributed by atoms with E-state index in [4.69, 9.17) is 4.74 Å². The third-order valence-electron chi connectivity index (χ3n) is 4.12. The summed E-state index contributed by atoms with van der Waals surface area (Å²) in [6.45, 7) is 7.53. The highest BCUT2D eigenvalue weighted by Gasteiger charge is 2.35. The van der Waals surface area contributed by atoms with E-state index in [9.17, 15) is 5.11 Å². The second-order valence-corrected chi connectivity index (χ2v) is 5.75. The van der Waals surface area contributed by atoms with E-state index in [0.717, 1.165) is 32.7 Å². The molecule has 0 radical (unpaired) electrons. The lowest BCUT2D eigenvalue weighted by Gasteiger charge is -2.31. The van der Waals surface area contributed by atoms with Gasteiger partial charge in [0.15, 0.2) is 0 Å². The number of ether oxygens (including phenoxy) is 1. The van der Waals surface area contributed by atoms with Gasteiger partial charge in [-0.25, -0.2) is 0 Å². The molecule has 0 spiro atoms. The third kappa shape index (κ3) is 3.65. The zero-order valence-corrected chi connectivity index (χ0v) is 11.0. The Hall–Kier alpha value is -0.160. The SMILES string of the molecule is CN(CCN1CCCC1)CC1(CO)CCOC1. The van der Waals surface area contributed by atoms with Gasteiger partial charge in [0.05, 0.1) is 13.2 Å². The van der Waals surface area contributed by atoms with E-state index in [1.807, 2.05) is 0 Å². The quantitative estimate of drug-likeness (QED) is 0.732. The zero-order chi connectivity index (χ0) is 12.1. The van der Waals surface area contributed by atoms with Crippen LogP contribution in [-0.4, -0.2) is 74.5 Å². The van der Waals surface area contributed by atoms with Crippen LogP contribution in [0.25, 0.3) is 0 Å². The van der Waals surface area contributed by atoms with E-state index < -0.39 is 0 Å². The van der Waals surface area contributed by atoms with Gasteiger partial charge in [-0.2, -0.15) is 0 Å². The molecule has 0 amide bonds. The van der Waals surface area contributed by atoms with Gasteiger partial charge in [-0.1, -0.05) is 0 Å². The molecular weight excluding hydrogens is 216 g/mol. The maximum atomic E-state index is 9.53. The first-order valence-electron chi connectivity index (χ1n) is 6.84. The van der Waals surface area contributed by atoms with Crippen molar-refractivity contribution < 1.29 is 9.84 Å². The Balaban J connectivity index is 1.70. The van der Waals surface area contributed by atoms with Crippen LogP contribution in [0.15, 0.2) is 0 Å². The summed E-state index contributed by atoms with van der Waals surface area (Å²) in [6, 6.07) is 0. The van der Waals surface area contributed by atoms with Crippen molar-refractivity contribution in [1.82, 2.24) is 9.80 Å². The van der Waals surface area contributed by atoms with Crippen molar-refractivity contribution in [3.63, 3.8) is 0 Å². The molecule has 1 unspecified atom stereocenters. The first kappa shape index (κ1) is 13.3. The van der Waals surface area contributed by atoms with Gasteiger partial charge < -0.3 is 19.6 Å². The Morgan fingerprint density at radius 2 is 2.12 bits per heavy atom. The largest absolute Gasteiger partial charge is 0.396 e. The van der Waals surface area contributed by atoms with Gasteiger partial charge in [-0.15, -0.1) is 0 Å². The van der Waals surface area contributed by atoms with Crippen molar-refractivity contribution in [2.24, 2.45) is 5.41 Å². The van der Waals surface area contributed by atoms with Crippen LogP contribution in [0.4, 0.5) is 0 Å². The van der Waals surface area contributed by atoms with Gasteiger partial charge in [-0.05, 0) is 39.4 Å². The van der Waals surface area contributed by atoms with Gasteiger partial charge in [0.2, 0.25) is 0 Å². The number of aliphatic hydroxyl groups is 1. The van der Waals surface area contributed by atoms with Crippen molar-refractivity contribution in [3.8, 4) is 0 Å². The number of aliphatic hydroxyl groups excluding tert-OH is 1. The second-order valence-electron chi connectivity index (χ2n) is 5.75. The Morgan fingerprint density at radius 3 is 2.71 bits per heavy atom. The molecule has 0 bridgehead atoms. The van der Waals surface area contributed by atoms with E-state index in [1.165, 1.54) is 32.5 Å². The lowest BCUT2D eigenvalue weighted by molar-refractivity contribution is 0.0622. The maximum absolute atomic E-state index is 9.53. The van der Waals surface area contributed by atoms with Crippen molar-refractivity contribution in [3.05, 3.63) is 0 Å². The fraction of sp³-hybridized carbons (Fsp3) is 1.00. The molecule has 0 saturated carbocycles. The van der Waals surface area contributed by atoms with Gasteiger partial charge in [0.1, 0.15) is 0 Å². The fourth-order valence-electron chi connectivity index (χ4n) is 2.92. The van der Waals surface area contributed by atoms with Gasteiger partial charge in [0.25, 0.3) is 0 Å². The summed E-state index contributed by atoms with van der Waals surface area (Å²) in [5.41, 5.74) is -0.000239. The number of hydrogen-bond donors (Lipinski definition) is 1. The number of likely N-dealkylation sites (N-methyl/N-ethyl adjacent to an activating group) is 1. The highest BCUT2D eigenvalue weighted by atomic mass is 16.5. The smallest absolute Gasteiger partial charge is 0.0557 e. The number of rotatable bonds is 6.